The van der Waals surface area contributed by atoms with Gasteiger partial charge in [0.15, 0.2) is 0 Å². The maximum absolute atomic E-state index is 12.0. The maximum atomic E-state index is 12.0. The Hall–Kier alpha value is -1.12. The Morgan fingerprint density at radius 2 is 1.53 bits per heavy atom. The van der Waals surface area contributed by atoms with E-state index in [1.807, 2.05) is 54.6 Å². The number of hydrogen-bond donors (Lipinski definition) is 0. The molecule has 0 heterocycles. The Labute approximate surface area is 109 Å². The molecular weight excluding hydrogens is 252 g/mol. The van der Waals surface area contributed by atoms with Crippen LogP contribution >= 0.6 is 11.6 Å². The van der Waals surface area contributed by atoms with Crippen LogP contribution in [0.1, 0.15) is 11.1 Å². The number of hydrogen-bond acceptors (Lipinski definition) is 1. The normalized spacial score (nSPS) is 12.3. The second-order valence-electron chi connectivity index (χ2n) is 3.84. The Bertz CT molecular complexity index is 511. The van der Waals surface area contributed by atoms with Crippen molar-refractivity contribution < 1.29 is 4.21 Å². The summed E-state index contributed by atoms with van der Waals surface area (Å²) in [7, 11) is -0.889. The molecule has 1 atom stereocenters. The average Bonchev–Trinajstić information content (AvgIpc) is 2.30. The largest absolute Gasteiger partial charge is 0.259 e. The summed E-state index contributed by atoms with van der Waals surface area (Å²) in [4.78, 5) is 0. The Balaban J connectivity index is 1.98. The van der Waals surface area contributed by atoms with E-state index >= 15 is 0 Å². The van der Waals surface area contributed by atoms with Gasteiger partial charge in [0.2, 0.25) is 0 Å². The van der Waals surface area contributed by atoms with Gasteiger partial charge in [0.25, 0.3) is 0 Å². The molecule has 0 N–H and O–H groups in total. The van der Waals surface area contributed by atoms with Gasteiger partial charge < -0.3 is 0 Å². The average molecular weight is 265 g/mol. The predicted molar refractivity (Wildman–Crippen MR) is 73.4 cm³/mol. The van der Waals surface area contributed by atoms with Crippen LogP contribution in [-0.2, 0) is 22.3 Å². The van der Waals surface area contributed by atoms with E-state index in [0.717, 1.165) is 11.1 Å². The lowest BCUT2D eigenvalue weighted by molar-refractivity contribution is 0.682. The van der Waals surface area contributed by atoms with Crippen LogP contribution in [0.25, 0.3) is 0 Å². The molecule has 1 unspecified atom stereocenters. The fraction of sp³-hybridized carbons (Fsp3) is 0.143. The van der Waals surface area contributed by atoms with Crippen molar-refractivity contribution in [2.24, 2.45) is 0 Å². The summed E-state index contributed by atoms with van der Waals surface area (Å²) >= 11 is 5.89. The van der Waals surface area contributed by atoms with Gasteiger partial charge in [0.05, 0.1) is 0 Å². The molecule has 0 aliphatic carbocycles. The minimum Gasteiger partial charge on any atom is -0.259 e. The minimum atomic E-state index is -0.889. The fourth-order valence-corrected chi connectivity index (χ4v) is 3.05. The monoisotopic (exact) mass is 264 g/mol. The van der Waals surface area contributed by atoms with Crippen molar-refractivity contribution in [1.29, 1.82) is 0 Å². The molecule has 2 aromatic rings. The van der Waals surface area contributed by atoms with Gasteiger partial charge in [0.1, 0.15) is 0 Å². The van der Waals surface area contributed by atoms with Crippen molar-refractivity contribution in [2.45, 2.75) is 11.5 Å². The van der Waals surface area contributed by atoms with Gasteiger partial charge in [0, 0.05) is 27.3 Å². The highest BCUT2D eigenvalue weighted by Gasteiger charge is 2.03. The van der Waals surface area contributed by atoms with Crippen LogP contribution in [0.5, 0.6) is 0 Å². The van der Waals surface area contributed by atoms with Gasteiger partial charge in [-0.15, -0.1) is 0 Å². The van der Waals surface area contributed by atoms with Crippen LogP contribution in [0.15, 0.2) is 54.6 Å². The third-order valence-corrected chi connectivity index (χ3v) is 3.93. The number of rotatable bonds is 4. The zero-order chi connectivity index (χ0) is 12.1. The van der Waals surface area contributed by atoms with E-state index in [1.165, 1.54) is 0 Å². The first kappa shape index (κ1) is 12.3. The fourth-order valence-electron chi connectivity index (χ4n) is 1.62. The summed E-state index contributed by atoms with van der Waals surface area (Å²) < 4.78 is 12.0. The first-order chi connectivity index (χ1) is 8.24. The van der Waals surface area contributed by atoms with E-state index in [-0.39, 0.29) is 0 Å². The van der Waals surface area contributed by atoms with Gasteiger partial charge in [-0.25, -0.2) is 0 Å². The Kier molecular flexibility index (Phi) is 4.35. The van der Waals surface area contributed by atoms with E-state index in [4.69, 9.17) is 11.6 Å². The van der Waals surface area contributed by atoms with E-state index < -0.39 is 10.8 Å². The van der Waals surface area contributed by atoms with Gasteiger partial charge >= 0.3 is 0 Å². The van der Waals surface area contributed by atoms with Crippen LogP contribution in [-0.4, -0.2) is 4.21 Å². The molecule has 0 radical (unpaired) electrons. The third-order valence-electron chi connectivity index (χ3n) is 2.39. The molecule has 0 spiro atoms. The molecule has 0 amide bonds. The van der Waals surface area contributed by atoms with Crippen molar-refractivity contribution in [3.8, 4) is 0 Å². The van der Waals surface area contributed by atoms with Gasteiger partial charge in [-0.05, 0) is 23.3 Å². The summed E-state index contributed by atoms with van der Waals surface area (Å²) in [5.74, 6) is 1.14. The van der Waals surface area contributed by atoms with Crippen molar-refractivity contribution in [1.82, 2.24) is 0 Å². The lowest BCUT2D eigenvalue weighted by Crippen LogP contribution is -1.99. The molecule has 0 saturated carbocycles. The molecule has 17 heavy (non-hydrogen) atoms. The summed E-state index contributed by atoms with van der Waals surface area (Å²) in [6.45, 7) is 0. The van der Waals surface area contributed by atoms with Crippen LogP contribution in [0, 0.1) is 0 Å². The number of halogens is 1. The summed E-state index contributed by atoms with van der Waals surface area (Å²) in [5, 5.41) is 0.694. The molecule has 0 saturated heterocycles. The molecule has 2 aromatic carbocycles. The Morgan fingerprint density at radius 3 is 2.24 bits per heavy atom. The molecule has 0 bridgehead atoms. The highest BCUT2D eigenvalue weighted by Crippen LogP contribution is 2.14. The molecule has 0 fully saturated rings. The molecule has 0 aliphatic heterocycles. The molecule has 2 rings (SSSR count). The lowest BCUT2D eigenvalue weighted by Gasteiger charge is -2.03. The van der Waals surface area contributed by atoms with Crippen LogP contribution in [0.2, 0.25) is 5.02 Å². The summed E-state index contributed by atoms with van der Waals surface area (Å²) in [5.41, 5.74) is 2.12. The maximum Gasteiger partial charge on any atom is 0.0489 e. The molecule has 0 aromatic heterocycles. The SMILES string of the molecule is O=S(Cc1ccccc1)Cc1cccc(Cl)c1. The first-order valence-corrected chi connectivity index (χ1v) is 7.24. The first-order valence-electron chi connectivity index (χ1n) is 5.37. The molecule has 1 nitrogen and oxygen atoms in total. The molecule has 88 valence electrons. The van der Waals surface area contributed by atoms with E-state index in [1.54, 1.807) is 0 Å². The van der Waals surface area contributed by atoms with Crippen LogP contribution in [0.4, 0.5) is 0 Å². The van der Waals surface area contributed by atoms with E-state index in [0.29, 0.717) is 16.5 Å². The van der Waals surface area contributed by atoms with Gasteiger partial charge in [-0.2, -0.15) is 0 Å². The molecule has 0 aliphatic rings. The highest BCUT2D eigenvalue weighted by molar-refractivity contribution is 7.83. The van der Waals surface area contributed by atoms with Crippen LogP contribution < -0.4 is 0 Å². The minimum absolute atomic E-state index is 0.551. The molecule has 3 heteroatoms. The van der Waals surface area contributed by atoms with E-state index in [9.17, 15) is 4.21 Å². The third kappa shape index (κ3) is 3.99. The Morgan fingerprint density at radius 1 is 0.882 bits per heavy atom. The van der Waals surface area contributed by atoms with Crippen molar-refractivity contribution in [2.75, 3.05) is 0 Å². The zero-order valence-electron chi connectivity index (χ0n) is 9.30. The molecular formula is C14H13ClOS. The second kappa shape index (κ2) is 5.99. The van der Waals surface area contributed by atoms with Crippen molar-refractivity contribution >= 4 is 22.4 Å². The van der Waals surface area contributed by atoms with Crippen molar-refractivity contribution in [3.05, 3.63) is 70.7 Å². The second-order valence-corrected chi connectivity index (χ2v) is 5.74. The van der Waals surface area contributed by atoms with Gasteiger partial charge in [-0.1, -0.05) is 54.1 Å². The van der Waals surface area contributed by atoms with E-state index in [2.05, 4.69) is 0 Å². The highest BCUT2D eigenvalue weighted by atomic mass is 35.5. The quantitative estimate of drug-likeness (QED) is 0.821. The smallest absolute Gasteiger partial charge is 0.0489 e. The summed E-state index contributed by atoms with van der Waals surface area (Å²) in [6, 6.07) is 17.4. The van der Waals surface area contributed by atoms with Crippen LogP contribution in [0.3, 0.4) is 0 Å². The topological polar surface area (TPSA) is 17.1 Å². The predicted octanol–water partition coefficient (Wildman–Crippen LogP) is 3.79. The number of benzene rings is 2. The standard InChI is InChI=1S/C14H13ClOS/c15-14-8-4-7-13(9-14)11-17(16)10-12-5-2-1-3-6-12/h1-9H,10-11H2. The summed E-state index contributed by atoms with van der Waals surface area (Å²) in [6.07, 6.45) is 0. The lowest BCUT2D eigenvalue weighted by atomic mass is 10.2. The van der Waals surface area contributed by atoms with Gasteiger partial charge in [-0.3, -0.25) is 4.21 Å². The zero-order valence-corrected chi connectivity index (χ0v) is 10.9. The van der Waals surface area contributed by atoms with Crippen molar-refractivity contribution in [3.63, 3.8) is 0 Å².